The van der Waals surface area contributed by atoms with Gasteiger partial charge in [-0.2, -0.15) is 0 Å². The first-order valence-electron chi connectivity index (χ1n) is 5.67. The van der Waals surface area contributed by atoms with E-state index in [1.54, 1.807) is 0 Å². The fourth-order valence-corrected chi connectivity index (χ4v) is 2.28. The average Bonchev–Trinajstić information content (AvgIpc) is 2.30. The SMILES string of the molecule is Cc1ccccc1C(O)C1CC=CCC1. The molecular formula is C14H18O. The third-order valence-corrected chi connectivity index (χ3v) is 3.26. The Labute approximate surface area is 91.4 Å². The van der Waals surface area contributed by atoms with Crippen LogP contribution in [0.1, 0.15) is 36.5 Å². The van der Waals surface area contributed by atoms with Crippen LogP contribution in [0.2, 0.25) is 0 Å². The quantitative estimate of drug-likeness (QED) is 0.729. The first-order chi connectivity index (χ1) is 7.29. The summed E-state index contributed by atoms with van der Waals surface area (Å²) in [4.78, 5) is 0. The zero-order valence-corrected chi connectivity index (χ0v) is 9.19. The van der Waals surface area contributed by atoms with Crippen LogP contribution in [0.15, 0.2) is 36.4 Å². The molecule has 1 aromatic rings. The topological polar surface area (TPSA) is 20.2 Å². The smallest absolute Gasteiger partial charge is 0.0823 e. The van der Waals surface area contributed by atoms with E-state index in [-0.39, 0.29) is 6.10 Å². The van der Waals surface area contributed by atoms with Gasteiger partial charge in [0, 0.05) is 0 Å². The highest BCUT2D eigenvalue weighted by atomic mass is 16.3. The fourth-order valence-electron chi connectivity index (χ4n) is 2.28. The van der Waals surface area contributed by atoms with Gasteiger partial charge in [-0.05, 0) is 43.2 Å². The number of allylic oxidation sites excluding steroid dienone is 2. The van der Waals surface area contributed by atoms with Crippen LogP contribution >= 0.6 is 0 Å². The number of benzene rings is 1. The molecule has 0 spiro atoms. The fraction of sp³-hybridized carbons (Fsp3) is 0.429. The highest BCUT2D eigenvalue weighted by molar-refractivity contribution is 5.28. The third-order valence-electron chi connectivity index (χ3n) is 3.26. The van der Waals surface area contributed by atoms with Crippen LogP contribution in [0.4, 0.5) is 0 Å². The molecule has 0 aromatic heterocycles. The van der Waals surface area contributed by atoms with E-state index in [2.05, 4.69) is 25.1 Å². The summed E-state index contributed by atoms with van der Waals surface area (Å²) in [6.07, 6.45) is 7.32. The van der Waals surface area contributed by atoms with Crippen molar-refractivity contribution in [3.8, 4) is 0 Å². The van der Waals surface area contributed by atoms with Gasteiger partial charge in [-0.25, -0.2) is 0 Å². The van der Waals surface area contributed by atoms with Crippen LogP contribution in [0.25, 0.3) is 0 Å². The van der Waals surface area contributed by atoms with Gasteiger partial charge in [-0.15, -0.1) is 0 Å². The molecule has 1 aromatic carbocycles. The summed E-state index contributed by atoms with van der Waals surface area (Å²) in [6, 6.07) is 8.13. The van der Waals surface area contributed by atoms with E-state index in [1.165, 1.54) is 5.56 Å². The van der Waals surface area contributed by atoms with Crippen molar-refractivity contribution in [3.63, 3.8) is 0 Å². The molecule has 0 saturated heterocycles. The van der Waals surface area contributed by atoms with Gasteiger partial charge < -0.3 is 5.11 Å². The van der Waals surface area contributed by atoms with Crippen LogP contribution in [-0.2, 0) is 0 Å². The minimum absolute atomic E-state index is 0.295. The zero-order chi connectivity index (χ0) is 10.7. The Bertz CT molecular complexity index is 354. The van der Waals surface area contributed by atoms with E-state index in [0.717, 1.165) is 24.8 Å². The Kier molecular flexibility index (Phi) is 3.22. The molecule has 80 valence electrons. The second-order valence-corrected chi connectivity index (χ2v) is 4.35. The standard InChI is InChI=1S/C14H18O/c1-11-7-5-6-10-13(11)14(15)12-8-3-2-4-9-12/h2-3,5-7,10,12,14-15H,4,8-9H2,1H3. The van der Waals surface area contributed by atoms with Crippen molar-refractivity contribution in [1.82, 2.24) is 0 Å². The lowest BCUT2D eigenvalue weighted by molar-refractivity contribution is 0.102. The summed E-state index contributed by atoms with van der Waals surface area (Å²) < 4.78 is 0. The normalized spacial score (nSPS) is 22.7. The molecule has 0 bridgehead atoms. The maximum absolute atomic E-state index is 10.3. The molecule has 2 atom stereocenters. The molecule has 0 fully saturated rings. The van der Waals surface area contributed by atoms with Crippen molar-refractivity contribution >= 4 is 0 Å². The Morgan fingerprint density at radius 2 is 2.07 bits per heavy atom. The number of aliphatic hydroxyl groups is 1. The van der Waals surface area contributed by atoms with Crippen molar-refractivity contribution in [2.75, 3.05) is 0 Å². The van der Waals surface area contributed by atoms with Gasteiger partial charge in [0.05, 0.1) is 6.10 Å². The number of aryl methyl sites for hydroxylation is 1. The second kappa shape index (κ2) is 4.63. The van der Waals surface area contributed by atoms with Crippen LogP contribution in [0, 0.1) is 12.8 Å². The lowest BCUT2D eigenvalue weighted by Gasteiger charge is -2.25. The van der Waals surface area contributed by atoms with Crippen molar-refractivity contribution in [2.24, 2.45) is 5.92 Å². The van der Waals surface area contributed by atoms with Crippen molar-refractivity contribution in [1.29, 1.82) is 0 Å². The van der Waals surface area contributed by atoms with Crippen LogP contribution < -0.4 is 0 Å². The summed E-state index contributed by atoms with van der Waals surface area (Å²) in [5.74, 6) is 0.399. The molecular weight excluding hydrogens is 184 g/mol. The first-order valence-corrected chi connectivity index (χ1v) is 5.67. The molecule has 1 nitrogen and oxygen atoms in total. The maximum atomic E-state index is 10.3. The van der Waals surface area contributed by atoms with Crippen molar-refractivity contribution in [3.05, 3.63) is 47.5 Å². The van der Waals surface area contributed by atoms with E-state index >= 15 is 0 Å². The summed E-state index contributed by atoms with van der Waals surface area (Å²) in [7, 11) is 0. The minimum Gasteiger partial charge on any atom is -0.388 e. The van der Waals surface area contributed by atoms with Crippen LogP contribution in [0.3, 0.4) is 0 Å². The molecule has 0 radical (unpaired) electrons. The largest absolute Gasteiger partial charge is 0.388 e. The second-order valence-electron chi connectivity index (χ2n) is 4.35. The number of rotatable bonds is 2. The molecule has 0 heterocycles. The Morgan fingerprint density at radius 1 is 1.27 bits per heavy atom. The molecule has 2 rings (SSSR count). The highest BCUT2D eigenvalue weighted by Crippen LogP contribution is 2.32. The summed E-state index contributed by atoms with van der Waals surface area (Å²) in [6.45, 7) is 2.07. The van der Waals surface area contributed by atoms with E-state index in [4.69, 9.17) is 0 Å². The molecule has 1 heteroatoms. The third kappa shape index (κ3) is 2.29. The first kappa shape index (κ1) is 10.4. The average molecular weight is 202 g/mol. The number of aliphatic hydroxyl groups excluding tert-OH is 1. The van der Waals surface area contributed by atoms with Crippen LogP contribution in [0.5, 0.6) is 0 Å². The molecule has 1 N–H and O–H groups in total. The van der Waals surface area contributed by atoms with Gasteiger partial charge >= 0.3 is 0 Å². The summed E-state index contributed by atoms with van der Waals surface area (Å²) >= 11 is 0. The Balaban J connectivity index is 2.16. The molecule has 0 amide bonds. The molecule has 0 saturated carbocycles. The lowest BCUT2D eigenvalue weighted by Crippen LogP contribution is -2.14. The van der Waals surface area contributed by atoms with Crippen molar-refractivity contribution < 1.29 is 5.11 Å². The molecule has 2 unspecified atom stereocenters. The van der Waals surface area contributed by atoms with Gasteiger partial charge in [0.1, 0.15) is 0 Å². The van der Waals surface area contributed by atoms with E-state index in [0.29, 0.717) is 5.92 Å². The number of hydrogen-bond acceptors (Lipinski definition) is 1. The molecule has 1 aliphatic rings. The van der Waals surface area contributed by atoms with Gasteiger partial charge in [-0.3, -0.25) is 0 Å². The summed E-state index contributed by atoms with van der Waals surface area (Å²) in [5.41, 5.74) is 2.29. The van der Waals surface area contributed by atoms with Gasteiger partial charge in [-0.1, -0.05) is 36.4 Å². The van der Waals surface area contributed by atoms with E-state index < -0.39 is 0 Å². The Hall–Kier alpha value is -1.08. The van der Waals surface area contributed by atoms with Gasteiger partial charge in [0.2, 0.25) is 0 Å². The summed E-state index contributed by atoms with van der Waals surface area (Å²) in [5, 5.41) is 10.3. The van der Waals surface area contributed by atoms with Gasteiger partial charge in [0.25, 0.3) is 0 Å². The molecule has 0 aliphatic heterocycles. The monoisotopic (exact) mass is 202 g/mol. The minimum atomic E-state index is -0.295. The Morgan fingerprint density at radius 3 is 2.73 bits per heavy atom. The highest BCUT2D eigenvalue weighted by Gasteiger charge is 2.21. The van der Waals surface area contributed by atoms with E-state index in [9.17, 15) is 5.11 Å². The van der Waals surface area contributed by atoms with Crippen LogP contribution in [-0.4, -0.2) is 5.11 Å². The molecule has 1 aliphatic carbocycles. The van der Waals surface area contributed by atoms with Gasteiger partial charge in [0.15, 0.2) is 0 Å². The number of hydrogen-bond donors (Lipinski definition) is 1. The molecule has 15 heavy (non-hydrogen) atoms. The lowest BCUT2D eigenvalue weighted by atomic mass is 9.85. The van der Waals surface area contributed by atoms with E-state index in [1.807, 2.05) is 18.2 Å². The van der Waals surface area contributed by atoms with Crippen molar-refractivity contribution in [2.45, 2.75) is 32.3 Å². The predicted molar refractivity (Wildman–Crippen MR) is 62.6 cm³/mol. The maximum Gasteiger partial charge on any atom is 0.0823 e. The zero-order valence-electron chi connectivity index (χ0n) is 9.19. The predicted octanol–water partition coefficient (Wildman–Crippen LogP) is 3.38.